The van der Waals surface area contributed by atoms with Crippen molar-refractivity contribution in [2.75, 3.05) is 6.54 Å². The van der Waals surface area contributed by atoms with Gasteiger partial charge in [-0.1, -0.05) is 18.6 Å². The lowest BCUT2D eigenvalue weighted by Gasteiger charge is -2.31. The van der Waals surface area contributed by atoms with E-state index in [9.17, 15) is 17.6 Å². The van der Waals surface area contributed by atoms with Gasteiger partial charge in [-0.25, -0.2) is 12.8 Å². The maximum atomic E-state index is 13.6. The quantitative estimate of drug-likeness (QED) is 0.784. The Bertz CT molecular complexity index is 544. The van der Waals surface area contributed by atoms with E-state index in [2.05, 4.69) is 0 Å². The molecule has 1 aliphatic rings. The lowest BCUT2D eigenvalue weighted by atomic mass is 10.1. The Morgan fingerprint density at radius 1 is 1.28 bits per heavy atom. The fourth-order valence-corrected chi connectivity index (χ4v) is 3.84. The maximum Gasteiger partial charge on any atom is 0.246 e. The first-order valence-electron chi connectivity index (χ1n) is 5.79. The van der Waals surface area contributed by atoms with Gasteiger partial charge in [-0.15, -0.1) is 0 Å². The molecule has 0 amide bonds. The molecule has 2 rings (SSSR count). The first-order chi connectivity index (χ1) is 8.57. The first-order valence-corrected chi connectivity index (χ1v) is 7.23. The van der Waals surface area contributed by atoms with Gasteiger partial charge >= 0.3 is 0 Å². The number of hydrogen-bond donors (Lipinski definition) is 0. The molecule has 1 unspecified atom stereocenters. The summed E-state index contributed by atoms with van der Waals surface area (Å²) >= 11 is 0. The highest BCUT2D eigenvalue weighted by Crippen LogP contribution is 2.25. The summed E-state index contributed by atoms with van der Waals surface area (Å²) in [6, 6.07) is 4.55. The van der Waals surface area contributed by atoms with Crippen molar-refractivity contribution in [3.63, 3.8) is 0 Å². The van der Waals surface area contributed by atoms with Crippen LogP contribution in [0.5, 0.6) is 0 Å². The smallest absolute Gasteiger partial charge is 0.246 e. The molecule has 1 aliphatic heterocycles. The van der Waals surface area contributed by atoms with Gasteiger partial charge in [0.15, 0.2) is 0 Å². The minimum Gasteiger partial charge on any atom is -0.302 e. The van der Waals surface area contributed by atoms with Gasteiger partial charge in [0.1, 0.15) is 17.0 Å². The van der Waals surface area contributed by atoms with Crippen molar-refractivity contribution in [2.24, 2.45) is 0 Å². The highest BCUT2D eigenvalue weighted by atomic mass is 32.2. The van der Waals surface area contributed by atoms with Crippen molar-refractivity contribution in [3.8, 4) is 0 Å². The van der Waals surface area contributed by atoms with E-state index in [1.54, 1.807) is 0 Å². The van der Waals surface area contributed by atoms with E-state index in [1.165, 1.54) is 18.2 Å². The lowest BCUT2D eigenvalue weighted by molar-refractivity contribution is -0.111. The summed E-state index contributed by atoms with van der Waals surface area (Å²) in [5.41, 5.74) is 0. The molecule has 0 saturated carbocycles. The van der Waals surface area contributed by atoms with E-state index in [1.807, 2.05) is 0 Å². The van der Waals surface area contributed by atoms with E-state index in [0.29, 0.717) is 19.1 Å². The first kappa shape index (κ1) is 13.2. The van der Waals surface area contributed by atoms with Crippen LogP contribution in [0.3, 0.4) is 0 Å². The van der Waals surface area contributed by atoms with Gasteiger partial charge in [0.05, 0.1) is 6.04 Å². The SMILES string of the molecule is O=CC1CCCCN1S(=O)(=O)c1ccccc1F. The van der Waals surface area contributed by atoms with Crippen molar-refractivity contribution in [3.05, 3.63) is 30.1 Å². The number of rotatable bonds is 3. The van der Waals surface area contributed by atoms with Crippen molar-refractivity contribution in [1.29, 1.82) is 0 Å². The summed E-state index contributed by atoms with van der Waals surface area (Å²) in [6.45, 7) is 0.264. The minimum absolute atomic E-state index is 0.264. The molecule has 1 aromatic rings. The molecule has 0 aliphatic carbocycles. The number of halogens is 1. The number of hydrogen-bond acceptors (Lipinski definition) is 3. The molecule has 4 nitrogen and oxygen atoms in total. The van der Waals surface area contributed by atoms with E-state index in [4.69, 9.17) is 0 Å². The molecule has 0 bridgehead atoms. The second-order valence-corrected chi connectivity index (χ2v) is 6.10. The third-order valence-corrected chi connectivity index (χ3v) is 5.04. The fraction of sp³-hybridized carbons (Fsp3) is 0.417. The molecule has 0 aromatic heterocycles. The molecule has 0 N–H and O–H groups in total. The van der Waals surface area contributed by atoms with Gasteiger partial charge < -0.3 is 4.79 Å². The molecule has 1 saturated heterocycles. The van der Waals surface area contributed by atoms with Gasteiger partial charge in [0, 0.05) is 6.54 Å². The van der Waals surface area contributed by atoms with E-state index in [-0.39, 0.29) is 11.4 Å². The van der Waals surface area contributed by atoms with E-state index in [0.717, 1.165) is 16.8 Å². The number of piperidine rings is 1. The van der Waals surface area contributed by atoms with Crippen molar-refractivity contribution in [1.82, 2.24) is 4.31 Å². The van der Waals surface area contributed by atoms with Crippen LogP contribution in [-0.4, -0.2) is 31.6 Å². The van der Waals surface area contributed by atoms with Crippen LogP contribution in [0.1, 0.15) is 19.3 Å². The summed E-state index contributed by atoms with van der Waals surface area (Å²) in [4.78, 5) is 10.6. The Labute approximate surface area is 105 Å². The molecular weight excluding hydrogens is 257 g/mol. The van der Waals surface area contributed by atoms with Gasteiger partial charge in [0.25, 0.3) is 0 Å². The number of aldehydes is 1. The average molecular weight is 271 g/mol. The predicted molar refractivity (Wildman–Crippen MR) is 64.0 cm³/mol. The molecule has 1 fully saturated rings. The van der Waals surface area contributed by atoms with Crippen molar-refractivity contribution >= 4 is 16.3 Å². The second-order valence-electron chi connectivity index (χ2n) is 4.25. The zero-order chi connectivity index (χ0) is 13.2. The summed E-state index contributed by atoms with van der Waals surface area (Å²) in [5, 5.41) is 0. The standard InChI is InChI=1S/C12H14FNO3S/c13-11-6-1-2-7-12(11)18(16,17)14-8-4-3-5-10(14)9-15/h1-2,6-7,9-10H,3-5,8H2. The average Bonchev–Trinajstić information content (AvgIpc) is 2.39. The van der Waals surface area contributed by atoms with Crippen LogP contribution in [0.4, 0.5) is 4.39 Å². The second kappa shape index (κ2) is 5.16. The normalized spacial score (nSPS) is 21.7. The number of benzene rings is 1. The van der Waals surface area contributed by atoms with Crippen LogP contribution in [-0.2, 0) is 14.8 Å². The molecule has 6 heteroatoms. The van der Waals surface area contributed by atoms with Crippen LogP contribution < -0.4 is 0 Å². The van der Waals surface area contributed by atoms with Gasteiger partial charge in [-0.05, 0) is 25.0 Å². The van der Waals surface area contributed by atoms with Gasteiger partial charge in [-0.3, -0.25) is 0 Å². The topological polar surface area (TPSA) is 54.5 Å². The Morgan fingerprint density at radius 2 is 2.00 bits per heavy atom. The maximum absolute atomic E-state index is 13.6. The summed E-state index contributed by atoms with van der Waals surface area (Å²) in [6.07, 6.45) is 2.62. The molecule has 1 aromatic carbocycles. The highest BCUT2D eigenvalue weighted by Gasteiger charge is 2.34. The van der Waals surface area contributed by atoms with Gasteiger partial charge in [0.2, 0.25) is 10.0 Å². The zero-order valence-electron chi connectivity index (χ0n) is 9.75. The van der Waals surface area contributed by atoms with Crippen molar-refractivity contribution < 1.29 is 17.6 Å². The van der Waals surface area contributed by atoms with E-state index < -0.39 is 21.9 Å². The van der Waals surface area contributed by atoms with Crippen molar-refractivity contribution in [2.45, 2.75) is 30.2 Å². The lowest BCUT2D eigenvalue weighted by Crippen LogP contribution is -2.44. The number of carbonyl (C=O) groups is 1. The Morgan fingerprint density at radius 3 is 2.67 bits per heavy atom. The Balaban J connectivity index is 2.42. The zero-order valence-corrected chi connectivity index (χ0v) is 10.6. The molecule has 98 valence electrons. The largest absolute Gasteiger partial charge is 0.302 e. The van der Waals surface area contributed by atoms with Crippen LogP contribution in [0.15, 0.2) is 29.2 Å². The molecule has 0 spiro atoms. The van der Waals surface area contributed by atoms with Crippen LogP contribution in [0.2, 0.25) is 0 Å². The summed E-state index contributed by atoms with van der Waals surface area (Å²) in [7, 11) is -3.93. The third-order valence-electron chi connectivity index (χ3n) is 3.08. The molecule has 1 heterocycles. The molecule has 0 radical (unpaired) electrons. The highest BCUT2D eigenvalue weighted by molar-refractivity contribution is 7.89. The van der Waals surface area contributed by atoms with Gasteiger partial charge in [-0.2, -0.15) is 4.31 Å². The summed E-state index contributed by atoms with van der Waals surface area (Å²) in [5.74, 6) is -0.785. The van der Waals surface area contributed by atoms with Crippen LogP contribution in [0, 0.1) is 5.82 Å². The molecule has 18 heavy (non-hydrogen) atoms. The predicted octanol–water partition coefficient (Wildman–Crippen LogP) is 1.57. The number of nitrogens with zero attached hydrogens (tertiary/aromatic N) is 1. The van der Waals surface area contributed by atoms with Crippen LogP contribution >= 0.6 is 0 Å². The van der Waals surface area contributed by atoms with E-state index >= 15 is 0 Å². The molecular formula is C12H14FNO3S. The van der Waals surface area contributed by atoms with Crippen LogP contribution in [0.25, 0.3) is 0 Å². The minimum atomic E-state index is -3.93. The number of carbonyl (C=O) groups excluding carboxylic acids is 1. The Hall–Kier alpha value is -1.27. The monoisotopic (exact) mass is 271 g/mol. The fourth-order valence-electron chi connectivity index (χ4n) is 2.15. The molecule has 1 atom stereocenters. The third kappa shape index (κ3) is 2.30. The summed E-state index contributed by atoms with van der Waals surface area (Å²) < 4.78 is 39.3. The number of sulfonamides is 1. The Kier molecular flexibility index (Phi) is 3.77.